The first kappa shape index (κ1) is 16.9. The molecule has 5 heteroatoms. The Morgan fingerprint density at radius 1 is 1.12 bits per heavy atom. The van der Waals surface area contributed by atoms with E-state index in [1.807, 2.05) is 38.1 Å². The zero-order valence-corrected chi connectivity index (χ0v) is 14.3. The molecule has 1 heterocycles. The molecular formula is C20H20FN3O. The quantitative estimate of drug-likeness (QED) is 0.761. The van der Waals surface area contributed by atoms with E-state index in [-0.39, 0.29) is 11.7 Å². The number of rotatable bonds is 5. The number of amides is 1. The minimum Gasteiger partial charge on any atom is -0.352 e. The van der Waals surface area contributed by atoms with Crippen molar-refractivity contribution in [3.63, 3.8) is 0 Å². The maximum atomic E-state index is 13.2. The van der Waals surface area contributed by atoms with Crippen molar-refractivity contribution in [2.24, 2.45) is 0 Å². The van der Waals surface area contributed by atoms with Gasteiger partial charge in [0.25, 0.3) is 5.91 Å². The Morgan fingerprint density at radius 2 is 1.80 bits per heavy atom. The van der Waals surface area contributed by atoms with Crippen LogP contribution in [0.2, 0.25) is 0 Å². The van der Waals surface area contributed by atoms with E-state index in [9.17, 15) is 9.18 Å². The summed E-state index contributed by atoms with van der Waals surface area (Å²) in [5.74, 6) is -0.471. The molecular weight excluding hydrogens is 317 g/mol. The van der Waals surface area contributed by atoms with Gasteiger partial charge in [0.1, 0.15) is 11.5 Å². The predicted molar refractivity (Wildman–Crippen MR) is 96.3 cm³/mol. The highest BCUT2D eigenvalue weighted by molar-refractivity contribution is 5.99. The van der Waals surface area contributed by atoms with E-state index in [0.717, 1.165) is 17.5 Å². The molecule has 0 aliphatic heterocycles. The van der Waals surface area contributed by atoms with Crippen molar-refractivity contribution >= 4 is 5.91 Å². The second kappa shape index (κ2) is 7.30. The molecule has 0 atom stereocenters. The molecule has 0 spiro atoms. The Bertz CT molecular complexity index is 867. The number of nitrogens with one attached hydrogen (secondary N) is 1. The zero-order valence-electron chi connectivity index (χ0n) is 14.3. The van der Waals surface area contributed by atoms with Gasteiger partial charge in [0.2, 0.25) is 0 Å². The molecule has 1 aromatic heterocycles. The molecule has 0 fully saturated rings. The van der Waals surface area contributed by atoms with Gasteiger partial charge in [-0.05, 0) is 37.6 Å². The van der Waals surface area contributed by atoms with Gasteiger partial charge in [-0.1, -0.05) is 36.8 Å². The Morgan fingerprint density at radius 3 is 2.44 bits per heavy atom. The van der Waals surface area contributed by atoms with Crippen LogP contribution in [-0.2, 0) is 0 Å². The molecule has 3 aromatic rings. The monoisotopic (exact) mass is 337 g/mol. The summed E-state index contributed by atoms with van der Waals surface area (Å²) in [4.78, 5) is 12.5. The highest BCUT2D eigenvalue weighted by atomic mass is 19.1. The zero-order chi connectivity index (χ0) is 17.8. The summed E-state index contributed by atoms with van der Waals surface area (Å²) >= 11 is 0. The normalized spacial score (nSPS) is 10.7. The minimum atomic E-state index is -0.310. The summed E-state index contributed by atoms with van der Waals surface area (Å²) < 4.78 is 14.8. The summed E-state index contributed by atoms with van der Waals surface area (Å²) in [6.07, 6.45) is 2.55. The Kier molecular flexibility index (Phi) is 4.93. The van der Waals surface area contributed by atoms with Gasteiger partial charge < -0.3 is 5.32 Å². The molecule has 0 unspecified atom stereocenters. The maximum absolute atomic E-state index is 13.2. The van der Waals surface area contributed by atoms with Crippen molar-refractivity contribution in [3.8, 4) is 16.9 Å². The van der Waals surface area contributed by atoms with Gasteiger partial charge in [-0.2, -0.15) is 5.10 Å². The summed E-state index contributed by atoms with van der Waals surface area (Å²) in [6.45, 7) is 4.62. The second-order valence-electron chi connectivity index (χ2n) is 5.93. The van der Waals surface area contributed by atoms with Crippen LogP contribution in [0.3, 0.4) is 0 Å². The molecule has 1 amide bonds. The molecule has 2 aromatic carbocycles. The maximum Gasteiger partial charge on any atom is 0.255 e. The number of carbonyl (C=O) groups excluding carboxylic acids is 1. The van der Waals surface area contributed by atoms with Gasteiger partial charge >= 0.3 is 0 Å². The lowest BCUT2D eigenvalue weighted by atomic mass is 10.1. The third kappa shape index (κ3) is 3.76. The number of carbonyl (C=O) groups is 1. The van der Waals surface area contributed by atoms with Crippen LogP contribution >= 0.6 is 0 Å². The molecule has 0 aliphatic carbocycles. The fourth-order valence-electron chi connectivity index (χ4n) is 2.52. The van der Waals surface area contributed by atoms with E-state index in [2.05, 4.69) is 10.4 Å². The summed E-state index contributed by atoms with van der Waals surface area (Å²) in [5.41, 5.74) is 3.82. The number of aryl methyl sites for hydroxylation is 1. The van der Waals surface area contributed by atoms with Gasteiger partial charge in [0.05, 0.1) is 11.3 Å². The molecule has 1 N–H and O–H groups in total. The predicted octanol–water partition coefficient (Wildman–Crippen LogP) is 4.13. The fraction of sp³-hybridized carbons (Fsp3) is 0.200. The van der Waals surface area contributed by atoms with Crippen LogP contribution in [0.1, 0.15) is 29.3 Å². The van der Waals surface area contributed by atoms with Gasteiger partial charge in [-0.3, -0.25) is 4.79 Å². The number of hydrogen-bond donors (Lipinski definition) is 1. The van der Waals surface area contributed by atoms with E-state index in [0.29, 0.717) is 23.5 Å². The Balaban J connectivity index is 2.05. The van der Waals surface area contributed by atoms with E-state index in [1.165, 1.54) is 12.1 Å². The molecule has 0 bridgehead atoms. The van der Waals surface area contributed by atoms with Gasteiger partial charge in [-0.15, -0.1) is 0 Å². The van der Waals surface area contributed by atoms with Crippen LogP contribution in [0.5, 0.6) is 0 Å². The van der Waals surface area contributed by atoms with E-state index >= 15 is 0 Å². The number of halogens is 1. The topological polar surface area (TPSA) is 46.9 Å². The van der Waals surface area contributed by atoms with Crippen LogP contribution in [0, 0.1) is 12.7 Å². The van der Waals surface area contributed by atoms with Crippen molar-refractivity contribution in [1.29, 1.82) is 0 Å². The summed E-state index contributed by atoms with van der Waals surface area (Å²) in [7, 11) is 0. The SMILES string of the molecule is CCCNC(=O)c1cn(-c2ccc(F)cc2)nc1-c1ccc(C)cc1. The van der Waals surface area contributed by atoms with Crippen molar-refractivity contribution in [3.05, 3.63) is 71.7 Å². The average Bonchev–Trinajstić information content (AvgIpc) is 3.06. The highest BCUT2D eigenvalue weighted by Gasteiger charge is 2.18. The molecule has 0 radical (unpaired) electrons. The molecule has 25 heavy (non-hydrogen) atoms. The lowest BCUT2D eigenvalue weighted by molar-refractivity contribution is 0.0954. The first-order valence-corrected chi connectivity index (χ1v) is 8.29. The number of benzene rings is 2. The smallest absolute Gasteiger partial charge is 0.255 e. The molecule has 0 saturated heterocycles. The number of hydrogen-bond acceptors (Lipinski definition) is 2. The number of aromatic nitrogens is 2. The first-order valence-electron chi connectivity index (χ1n) is 8.29. The fourth-order valence-corrected chi connectivity index (χ4v) is 2.52. The lowest BCUT2D eigenvalue weighted by Crippen LogP contribution is -2.24. The average molecular weight is 337 g/mol. The van der Waals surface area contributed by atoms with E-state index < -0.39 is 0 Å². The van der Waals surface area contributed by atoms with Crippen LogP contribution < -0.4 is 5.32 Å². The van der Waals surface area contributed by atoms with Crippen molar-refractivity contribution in [1.82, 2.24) is 15.1 Å². The van der Waals surface area contributed by atoms with Gasteiger partial charge in [-0.25, -0.2) is 9.07 Å². The second-order valence-corrected chi connectivity index (χ2v) is 5.93. The molecule has 0 saturated carbocycles. The number of nitrogens with zero attached hydrogens (tertiary/aromatic N) is 2. The molecule has 0 aliphatic rings. The summed E-state index contributed by atoms with van der Waals surface area (Å²) in [5, 5.41) is 7.46. The van der Waals surface area contributed by atoms with Crippen LogP contribution in [0.15, 0.2) is 54.7 Å². The third-order valence-corrected chi connectivity index (χ3v) is 3.91. The standard InChI is InChI=1S/C20H20FN3O/c1-3-12-22-20(25)18-13-24(17-10-8-16(21)9-11-17)23-19(18)15-6-4-14(2)5-7-15/h4-11,13H,3,12H2,1-2H3,(H,22,25). The van der Waals surface area contributed by atoms with Crippen molar-refractivity contribution in [2.45, 2.75) is 20.3 Å². The Hall–Kier alpha value is -2.95. The third-order valence-electron chi connectivity index (χ3n) is 3.91. The van der Waals surface area contributed by atoms with Crippen LogP contribution in [0.4, 0.5) is 4.39 Å². The molecule has 3 rings (SSSR count). The summed E-state index contributed by atoms with van der Waals surface area (Å²) in [6, 6.07) is 13.9. The Labute approximate surface area is 146 Å². The van der Waals surface area contributed by atoms with Gasteiger partial charge in [0.15, 0.2) is 0 Å². The molecule has 4 nitrogen and oxygen atoms in total. The lowest BCUT2D eigenvalue weighted by Gasteiger charge is -2.04. The molecule has 128 valence electrons. The van der Waals surface area contributed by atoms with E-state index in [1.54, 1.807) is 23.0 Å². The first-order chi connectivity index (χ1) is 12.1. The van der Waals surface area contributed by atoms with E-state index in [4.69, 9.17) is 0 Å². The van der Waals surface area contributed by atoms with Gasteiger partial charge in [0, 0.05) is 18.3 Å². The van der Waals surface area contributed by atoms with Crippen molar-refractivity contribution < 1.29 is 9.18 Å². The van der Waals surface area contributed by atoms with Crippen LogP contribution in [-0.4, -0.2) is 22.2 Å². The van der Waals surface area contributed by atoms with Crippen molar-refractivity contribution in [2.75, 3.05) is 6.54 Å². The largest absolute Gasteiger partial charge is 0.352 e. The highest BCUT2D eigenvalue weighted by Crippen LogP contribution is 2.24. The van der Waals surface area contributed by atoms with Crippen LogP contribution in [0.25, 0.3) is 16.9 Å². The minimum absolute atomic E-state index is 0.161.